The van der Waals surface area contributed by atoms with Gasteiger partial charge in [-0.1, -0.05) is 36.4 Å². The van der Waals surface area contributed by atoms with Crippen LogP contribution >= 0.6 is 0 Å². The summed E-state index contributed by atoms with van der Waals surface area (Å²) in [5.41, 5.74) is 7.67. The van der Waals surface area contributed by atoms with Gasteiger partial charge < -0.3 is 4.57 Å². The van der Waals surface area contributed by atoms with Crippen LogP contribution in [-0.2, 0) is 0 Å². The first-order valence-electron chi connectivity index (χ1n) is 14.5. The van der Waals surface area contributed by atoms with E-state index in [1.807, 2.05) is 22.8 Å². The molecule has 9 aromatic rings. The maximum atomic E-state index is 4.77. The van der Waals surface area contributed by atoms with Gasteiger partial charge in [0.05, 0.1) is 22.4 Å². The minimum atomic E-state index is 0.608. The second-order valence-corrected chi connectivity index (χ2v) is 10.8. The van der Waals surface area contributed by atoms with Crippen LogP contribution in [0.15, 0.2) is 114 Å². The van der Waals surface area contributed by atoms with E-state index >= 15 is 0 Å². The SMILES string of the molecule is C=Nc1c(C=NC)c2cncnc2n1-c1cc(-n2c3ncncc3c3cncnc32)cc2c3ccccc3n(-c3ccccc3)c12. The van der Waals surface area contributed by atoms with Gasteiger partial charge in [-0.2, -0.15) is 0 Å². The second kappa shape index (κ2) is 9.96. The van der Waals surface area contributed by atoms with Crippen LogP contribution < -0.4 is 0 Å². The lowest BCUT2D eigenvalue weighted by Gasteiger charge is -2.16. The van der Waals surface area contributed by atoms with Crippen LogP contribution in [0, 0.1) is 0 Å². The minimum absolute atomic E-state index is 0.608. The number of fused-ring (bicyclic) bond motifs is 7. The number of hydrogen-bond acceptors (Lipinski definition) is 8. The Labute approximate surface area is 260 Å². The number of rotatable bonds is 5. The van der Waals surface area contributed by atoms with Crippen LogP contribution in [0.4, 0.5) is 5.82 Å². The number of aliphatic imine (C=N–C) groups is 2. The first kappa shape index (κ1) is 25.8. The average molecular weight is 598 g/mol. The molecular weight excluding hydrogens is 574 g/mol. The lowest BCUT2D eigenvalue weighted by molar-refractivity contribution is 1.04. The molecule has 0 radical (unpaired) electrons. The number of benzene rings is 3. The highest BCUT2D eigenvalue weighted by atomic mass is 15.2. The summed E-state index contributed by atoms with van der Waals surface area (Å²) < 4.78 is 6.39. The number of para-hydroxylation sites is 2. The van der Waals surface area contributed by atoms with E-state index in [1.54, 1.807) is 50.8 Å². The van der Waals surface area contributed by atoms with Crippen LogP contribution in [0.25, 0.3) is 72.0 Å². The summed E-state index contributed by atoms with van der Waals surface area (Å²) in [6.07, 6.45) is 11.8. The minimum Gasteiger partial charge on any atom is -0.307 e. The van der Waals surface area contributed by atoms with Gasteiger partial charge in [0.15, 0.2) is 0 Å². The fraction of sp³-hybridized carbons (Fsp3) is 0.0286. The Morgan fingerprint density at radius 3 is 1.93 bits per heavy atom. The molecule has 11 nitrogen and oxygen atoms in total. The third-order valence-electron chi connectivity index (χ3n) is 8.40. The molecule has 3 aromatic carbocycles. The summed E-state index contributed by atoms with van der Waals surface area (Å²) in [5, 5.41) is 4.65. The fourth-order valence-electron chi connectivity index (χ4n) is 6.61. The third-order valence-corrected chi connectivity index (χ3v) is 8.40. The van der Waals surface area contributed by atoms with Crippen molar-refractivity contribution in [1.82, 2.24) is 43.6 Å². The van der Waals surface area contributed by atoms with Crippen molar-refractivity contribution in [3.63, 3.8) is 0 Å². The van der Waals surface area contributed by atoms with Gasteiger partial charge in [0, 0.05) is 70.0 Å². The smallest absolute Gasteiger partial charge is 0.150 e. The Hall–Kier alpha value is -6.62. The summed E-state index contributed by atoms with van der Waals surface area (Å²) in [6, 6.07) is 23.1. The van der Waals surface area contributed by atoms with Crippen molar-refractivity contribution >= 4 is 73.7 Å². The van der Waals surface area contributed by atoms with Gasteiger partial charge in [0.1, 0.15) is 41.7 Å². The first-order chi connectivity index (χ1) is 22.8. The first-order valence-corrected chi connectivity index (χ1v) is 14.5. The van der Waals surface area contributed by atoms with E-state index in [2.05, 4.69) is 89.3 Å². The van der Waals surface area contributed by atoms with E-state index in [0.717, 1.165) is 71.9 Å². The van der Waals surface area contributed by atoms with Crippen LogP contribution in [0.2, 0.25) is 0 Å². The Morgan fingerprint density at radius 1 is 0.630 bits per heavy atom. The summed E-state index contributed by atoms with van der Waals surface area (Å²) >= 11 is 0. The molecule has 0 saturated carbocycles. The predicted octanol–water partition coefficient (Wildman–Crippen LogP) is 6.58. The van der Waals surface area contributed by atoms with Crippen LogP contribution in [0.3, 0.4) is 0 Å². The highest BCUT2D eigenvalue weighted by Gasteiger charge is 2.25. The van der Waals surface area contributed by atoms with Crippen molar-refractivity contribution in [2.75, 3.05) is 7.05 Å². The van der Waals surface area contributed by atoms with E-state index in [1.165, 1.54) is 0 Å². The Bertz CT molecular complexity index is 2630. The topological polar surface area (TPSA) is 117 Å². The molecule has 6 heterocycles. The lowest BCUT2D eigenvalue weighted by Crippen LogP contribution is -2.04. The monoisotopic (exact) mass is 597 g/mol. The van der Waals surface area contributed by atoms with E-state index < -0.39 is 0 Å². The van der Waals surface area contributed by atoms with E-state index in [0.29, 0.717) is 11.5 Å². The maximum absolute atomic E-state index is 4.77. The molecule has 0 amide bonds. The second-order valence-electron chi connectivity index (χ2n) is 10.8. The Kier molecular flexibility index (Phi) is 5.59. The highest BCUT2D eigenvalue weighted by molar-refractivity contribution is 6.15. The molecule has 0 N–H and O–H groups in total. The number of aromatic nitrogens is 9. The maximum Gasteiger partial charge on any atom is 0.150 e. The molecule has 0 aliphatic carbocycles. The summed E-state index contributed by atoms with van der Waals surface area (Å²) in [4.78, 5) is 36.0. The van der Waals surface area contributed by atoms with Gasteiger partial charge in [-0.15, -0.1) is 0 Å². The third kappa shape index (κ3) is 3.53. The molecule has 0 spiro atoms. The van der Waals surface area contributed by atoms with Gasteiger partial charge in [-0.25, -0.2) is 34.9 Å². The van der Waals surface area contributed by atoms with E-state index in [9.17, 15) is 0 Å². The molecule has 46 heavy (non-hydrogen) atoms. The van der Waals surface area contributed by atoms with Crippen LogP contribution in [0.1, 0.15) is 5.56 Å². The van der Waals surface area contributed by atoms with Crippen molar-refractivity contribution in [3.05, 3.63) is 110 Å². The highest BCUT2D eigenvalue weighted by Crippen LogP contribution is 2.42. The molecule has 6 aromatic heterocycles. The zero-order valence-electron chi connectivity index (χ0n) is 24.5. The van der Waals surface area contributed by atoms with Gasteiger partial charge in [0.2, 0.25) is 0 Å². The van der Waals surface area contributed by atoms with Crippen molar-refractivity contribution < 1.29 is 0 Å². The molecule has 0 saturated heterocycles. The van der Waals surface area contributed by atoms with Crippen LogP contribution in [-0.4, -0.2) is 63.6 Å². The van der Waals surface area contributed by atoms with E-state index in [4.69, 9.17) is 15.0 Å². The van der Waals surface area contributed by atoms with Crippen molar-refractivity contribution in [2.24, 2.45) is 9.98 Å². The largest absolute Gasteiger partial charge is 0.307 e. The van der Waals surface area contributed by atoms with Gasteiger partial charge in [-0.05, 0) is 37.0 Å². The molecule has 9 rings (SSSR count). The number of hydrogen-bond donors (Lipinski definition) is 0. The molecule has 0 aliphatic heterocycles. The normalized spacial score (nSPS) is 12.0. The summed E-state index contributed by atoms with van der Waals surface area (Å²) in [7, 11) is 1.73. The van der Waals surface area contributed by atoms with Crippen molar-refractivity contribution in [2.45, 2.75) is 0 Å². The van der Waals surface area contributed by atoms with Crippen molar-refractivity contribution in [3.8, 4) is 17.1 Å². The molecule has 0 unspecified atom stereocenters. The Morgan fingerprint density at radius 2 is 1.26 bits per heavy atom. The quantitative estimate of drug-likeness (QED) is 0.207. The molecular formula is C35H23N11. The van der Waals surface area contributed by atoms with E-state index in [-0.39, 0.29) is 0 Å². The van der Waals surface area contributed by atoms with Gasteiger partial charge >= 0.3 is 0 Å². The average Bonchev–Trinajstić information content (AvgIpc) is 3.74. The zero-order valence-corrected chi connectivity index (χ0v) is 24.5. The summed E-state index contributed by atoms with van der Waals surface area (Å²) in [5.74, 6) is 0.608. The number of nitrogens with zero attached hydrogens (tertiary/aromatic N) is 11. The molecule has 0 bridgehead atoms. The molecule has 0 atom stereocenters. The molecule has 218 valence electrons. The summed E-state index contributed by atoms with van der Waals surface area (Å²) in [6.45, 7) is 3.99. The molecule has 0 fully saturated rings. The van der Waals surface area contributed by atoms with Crippen LogP contribution in [0.5, 0.6) is 0 Å². The van der Waals surface area contributed by atoms with Gasteiger partial charge in [0.25, 0.3) is 0 Å². The lowest BCUT2D eigenvalue weighted by atomic mass is 10.1. The van der Waals surface area contributed by atoms with Crippen molar-refractivity contribution in [1.29, 1.82) is 0 Å². The standard InChI is InChI=1S/C35H23N11/c1-36-14-25-26-15-38-20-43-35(26)46(32(25)37-2)30-13-22(45-33-27(16-39-18-41-33)28-17-40-19-42-34(28)45)12-24-23-10-6-7-11-29(23)44(31(24)30)21-8-4-3-5-9-21/h3-20H,2H2,1H3. The molecule has 11 heteroatoms. The molecule has 0 aliphatic rings. The fourth-order valence-corrected chi connectivity index (χ4v) is 6.61. The van der Waals surface area contributed by atoms with Gasteiger partial charge in [-0.3, -0.25) is 14.1 Å². The predicted molar refractivity (Wildman–Crippen MR) is 181 cm³/mol. The Balaban J connectivity index is 1.53. The zero-order chi connectivity index (χ0) is 30.8.